The van der Waals surface area contributed by atoms with E-state index in [9.17, 15) is 14.0 Å². The Labute approximate surface area is 144 Å². The molecule has 3 rings (SSSR count). The minimum Gasteiger partial charge on any atom is -0.349 e. The van der Waals surface area contributed by atoms with Gasteiger partial charge < -0.3 is 5.32 Å². The van der Waals surface area contributed by atoms with Crippen molar-refractivity contribution in [1.82, 2.24) is 5.32 Å². The average Bonchev–Trinajstić information content (AvgIpc) is 2.61. The van der Waals surface area contributed by atoms with Crippen LogP contribution in [0.5, 0.6) is 0 Å². The van der Waals surface area contributed by atoms with Crippen LogP contribution in [0, 0.1) is 5.82 Å². The number of amides is 1. The summed E-state index contributed by atoms with van der Waals surface area (Å²) in [5, 5.41) is 3.03. The Kier molecular flexibility index (Phi) is 5.30. The van der Waals surface area contributed by atoms with Crippen molar-refractivity contribution in [2.45, 2.75) is 30.2 Å². The van der Waals surface area contributed by atoms with Gasteiger partial charge in [0.2, 0.25) is 5.91 Å². The number of hydrogen-bond acceptors (Lipinski definition) is 3. The number of hydrogen-bond donors (Lipinski definition) is 1. The van der Waals surface area contributed by atoms with E-state index in [4.69, 9.17) is 0 Å². The third-order valence-electron chi connectivity index (χ3n) is 4.04. The molecule has 0 bridgehead atoms. The molecule has 1 N–H and O–H groups in total. The van der Waals surface area contributed by atoms with Gasteiger partial charge in [0, 0.05) is 29.1 Å². The standard InChI is InChI=1S/C19H18FNO2S/c20-14-7-5-13(6-8-14)17(22)9-10-19(23)21-16-11-12-24-18-4-2-1-3-15(16)18/h1-8,16H,9-12H2,(H,21,23). The summed E-state index contributed by atoms with van der Waals surface area (Å²) < 4.78 is 12.9. The van der Waals surface area contributed by atoms with E-state index in [1.165, 1.54) is 29.2 Å². The van der Waals surface area contributed by atoms with Crippen LogP contribution in [0.15, 0.2) is 53.4 Å². The maximum atomic E-state index is 12.9. The number of Topliss-reactive ketones (excluding diaryl/α,β-unsaturated/α-hetero) is 1. The molecule has 3 nitrogen and oxygen atoms in total. The molecule has 0 saturated heterocycles. The van der Waals surface area contributed by atoms with Crippen LogP contribution < -0.4 is 5.32 Å². The first kappa shape index (κ1) is 16.7. The topological polar surface area (TPSA) is 46.2 Å². The Bertz CT molecular complexity index is 745. The van der Waals surface area contributed by atoms with Gasteiger partial charge in [-0.05, 0) is 42.3 Å². The molecular formula is C19H18FNO2S. The van der Waals surface area contributed by atoms with Gasteiger partial charge in [0.1, 0.15) is 5.82 Å². The number of benzene rings is 2. The van der Waals surface area contributed by atoms with Crippen LogP contribution in [0.2, 0.25) is 0 Å². The number of thioether (sulfide) groups is 1. The quantitative estimate of drug-likeness (QED) is 0.830. The number of ketones is 1. The molecule has 1 heterocycles. The van der Waals surface area contributed by atoms with E-state index in [0.717, 1.165) is 17.7 Å². The molecule has 2 aromatic rings. The van der Waals surface area contributed by atoms with Crippen molar-refractivity contribution in [2.75, 3.05) is 5.75 Å². The summed E-state index contributed by atoms with van der Waals surface area (Å²) in [7, 11) is 0. The minimum absolute atomic E-state index is 0.0101. The maximum Gasteiger partial charge on any atom is 0.220 e. The highest BCUT2D eigenvalue weighted by Gasteiger charge is 2.22. The lowest BCUT2D eigenvalue weighted by molar-refractivity contribution is -0.121. The number of fused-ring (bicyclic) bond motifs is 1. The summed E-state index contributed by atoms with van der Waals surface area (Å²) in [6.07, 6.45) is 1.15. The third-order valence-corrected chi connectivity index (χ3v) is 5.16. The Balaban J connectivity index is 1.55. The van der Waals surface area contributed by atoms with Gasteiger partial charge in [-0.2, -0.15) is 0 Å². The van der Waals surface area contributed by atoms with Gasteiger partial charge in [0.15, 0.2) is 5.78 Å². The number of carbonyl (C=O) groups is 2. The van der Waals surface area contributed by atoms with Gasteiger partial charge in [-0.1, -0.05) is 18.2 Å². The highest BCUT2D eigenvalue weighted by molar-refractivity contribution is 7.99. The Morgan fingerprint density at radius 2 is 1.83 bits per heavy atom. The van der Waals surface area contributed by atoms with E-state index in [2.05, 4.69) is 11.4 Å². The van der Waals surface area contributed by atoms with Crippen molar-refractivity contribution in [1.29, 1.82) is 0 Å². The molecular weight excluding hydrogens is 325 g/mol. The van der Waals surface area contributed by atoms with E-state index in [-0.39, 0.29) is 36.4 Å². The van der Waals surface area contributed by atoms with Gasteiger partial charge in [-0.25, -0.2) is 4.39 Å². The summed E-state index contributed by atoms with van der Waals surface area (Å²) in [4.78, 5) is 25.4. The molecule has 1 unspecified atom stereocenters. The zero-order valence-corrected chi connectivity index (χ0v) is 13.9. The van der Waals surface area contributed by atoms with Gasteiger partial charge in [0.05, 0.1) is 6.04 Å². The molecule has 1 amide bonds. The van der Waals surface area contributed by atoms with Crippen LogP contribution in [0.4, 0.5) is 4.39 Å². The monoisotopic (exact) mass is 343 g/mol. The molecule has 1 aliphatic heterocycles. The van der Waals surface area contributed by atoms with E-state index >= 15 is 0 Å². The lowest BCUT2D eigenvalue weighted by Gasteiger charge is -2.25. The molecule has 5 heteroatoms. The second kappa shape index (κ2) is 7.62. The maximum absolute atomic E-state index is 12.9. The lowest BCUT2D eigenvalue weighted by Crippen LogP contribution is -2.30. The first-order chi connectivity index (χ1) is 11.6. The van der Waals surface area contributed by atoms with Crippen LogP contribution >= 0.6 is 11.8 Å². The average molecular weight is 343 g/mol. The van der Waals surface area contributed by atoms with Crippen LogP contribution in [0.25, 0.3) is 0 Å². The fraction of sp³-hybridized carbons (Fsp3) is 0.263. The normalized spacial score (nSPS) is 16.3. The molecule has 0 fully saturated rings. The Morgan fingerprint density at radius 3 is 2.62 bits per heavy atom. The number of rotatable bonds is 5. The first-order valence-corrected chi connectivity index (χ1v) is 8.92. The number of carbonyl (C=O) groups excluding carboxylic acids is 2. The van der Waals surface area contributed by atoms with Crippen molar-refractivity contribution in [3.63, 3.8) is 0 Å². The molecule has 0 saturated carbocycles. The fourth-order valence-corrected chi connectivity index (χ4v) is 3.89. The van der Waals surface area contributed by atoms with Crippen LogP contribution in [0.1, 0.15) is 41.2 Å². The highest BCUT2D eigenvalue weighted by atomic mass is 32.2. The van der Waals surface area contributed by atoms with Crippen molar-refractivity contribution in [3.8, 4) is 0 Å². The lowest BCUT2D eigenvalue weighted by atomic mass is 10.0. The van der Waals surface area contributed by atoms with Crippen LogP contribution in [-0.2, 0) is 4.79 Å². The number of nitrogens with one attached hydrogen (secondary N) is 1. The van der Waals surface area contributed by atoms with Crippen LogP contribution in [-0.4, -0.2) is 17.4 Å². The van der Waals surface area contributed by atoms with E-state index in [0.29, 0.717) is 5.56 Å². The third kappa shape index (κ3) is 4.03. The van der Waals surface area contributed by atoms with Crippen molar-refractivity contribution in [3.05, 3.63) is 65.5 Å². The Hall–Kier alpha value is -2.14. The second-order valence-electron chi connectivity index (χ2n) is 5.73. The molecule has 0 aromatic heterocycles. The zero-order valence-electron chi connectivity index (χ0n) is 13.1. The van der Waals surface area contributed by atoms with Crippen molar-refractivity contribution in [2.24, 2.45) is 0 Å². The second-order valence-corrected chi connectivity index (χ2v) is 6.86. The van der Waals surface area contributed by atoms with E-state index in [1.54, 1.807) is 11.8 Å². The fourth-order valence-electron chi connectivity index (χ4n) is 2.77. The smallest absolute Gasteiger partial charge is 0.220 e. The predicted octanol–water partition coefficient (Wildman–Crippen LogP) is 4.14. The highest BCUT2D eigenvalue weighted by Crippen LogP contribution is 2.35. The largest absolute Gasteiger partial charge is 0.349 e. The summed E-state index contributed by atoms with van der Waals surface area (Å²) in [5.41, 5.74) is 1.58. The minimum atomic E-state index is -0.377. The summed E-state index contributed by atoms with van der Waals surface area (Å²) in [6, 6.07) is 13.5. The Morgan fingerprint density at radius 1 is 1.08 bits per heavy atom. The first-order valence-electron chi connectivity index (χ1n) is 7.93. The number of halogens is 1. The molecule has 0 radical (unpaired) electrons. The SMILES string of the molecule is O=C(CCC(=O)c1ccc(F)cc1)NC1CCSc2ccccc21. The molecule has 24 heavy (non-hydrogen) atoms. The zero-order chi connectivity index (χ0) is 16.9. The van der Waals surface area contributed by atoms with Crippen LogP contribution in [0.3, 0.4) is 0 Å². The molecule has 0 spiro atoms. The van der Waals surface area contributed by atoms with E-state index < -0.39 is 0 Å². The van der Waals surface area contributed by atoms with E-state index in [1.807, 2.05) is 18.2 Å². The molecule has 1 aliphatic rings. The molecule has 2 aromatic carbocycles. The van der Waals surface area contributed by atoms with Gasteiger partial charge >= 0.3 is 0 Å². The molecule has 0 aliphatic carbocycles. The van der Waals surface area contributed by atoms with Crippen molar-refractivity contribution < 1.29 is 14.0 Å². The van der Waals surface area contributed by atoms with Gasteiger partial charge in [-0.3, -0.25) is 9.59 Å². The summed E-state index contributed by atoms with van der Waals surface area (Å²) in [6.45, 7) is 0. The van der Waals surface area contributed by atoms with Crippen molar-refractivity contribution >= 4 is 23.5 Å². The summed E-state index contributed by atoms with van der Waals surface area (Å²) >= 11 is 1.80. The van der Waals surface area contributed by atoms with Gasteiger partial charge in [-0.15, -0.1) is 11.8 Å². The van der Waals surface area contributed by atoms with Gasteiger partial charge in [0.25, 0.3) is 0 Å². The molecule has 1 atom stereocenters. The molecule has 124 valence electrons. The summed E-state index contributed by atoms with van der Waals surface area (Å²) in [5.74, 6) is 0.316. The predicted molar refractivity (Wildman–Crippen MR) is 92.6 cm³/mol.